The van der Waals surface area contributed by atoms with Crippen molar-refractivity contribution in [3.63, 3.8) is 0 Å². The van der Waals surface area contributed by atoms with Gasteiger partial charge in [0, 0.05) is 10.4 Å². The molecule has 0 spiro atoms. The average molecular weight is 274 g/mol. The third-order valence-electron chi connectivity index (χ3n) is 2.85. The van der Waals surface area contributed by atoms with Crippen LogP contribution in [0.2, 0.25) is 0 Å². The number of halogens is 1. The molecular weight excluding hydrogens is 258 g/mol. The van der Waals surface area contributed by atoms with Crippen LogP contribution >= 0.6 is 27.3 Å². The Morgan fingerprint density at radius 2 is 2.29 bits per heavy atom. The summed E-state index contributed by atoms with van der Waals surface area (Å²) in [6.07, 6.45) is 2.52. The summed E-state index contributed by atoms with van der Waals surface area (Å²) in [7, 11) is 0. The molecule has 14 heavy (non-hydrogen) atoms. The first-order valence-corrected chi connectivity index (χ1v) is 6.68. The predicted octanol–water partition coefficient (Wildman–Crippen LogP) is 3.76. The standard InChI is InChI=1S/C11H16BrNS/c1-11(2)7-8(5-6-13-11)9-3-4-10(12)14-9/h3-4,8,13H,5-7H2,1-2H3. The highest BCUT2D eigenvalue weighted by Gasteiger charge is 2.28. The zero-order valence-corrected chi connectivity index (χ0v) is 11.0. The Morgan fingerprint density at radius 3 is 2.86 bits per heavy atom. The first-order valence-electron chi connectivity index (χ1n) is 5.07. The molecule has 1 saturated heterocycles. The van der Waals surface area contributed by atoms with Gasteiger partial charge < -0.3 is 5.32 Å². The SMILES string of the molecule is CC1(C)CC(c2ccc(Br)s2)CCN1. The molecule has 1 aromatic rings. The summed E-state index contributed by atoms with van der Waals surface area (Å²) in [4.78, 5) is 1.53. The van der Waals surface area contributed by atoms with Gasteiger partial charge in [-0.3, -0.25) is 0 Å². The number of hydrogen-bond donors (Lipinski definition) is 1. The fourth-order valence-electron chi connectivity index (χ4n) is 2.17. The molecule has 1 aliphatic rings. The molecule has 1 aliphatic heterocycles. The summed E-state index contributed by atoms with van der Waals surface area (Å²) in [5.41, 5.74) is 0.305. The van der Waals surface area contributed by atoms with E-state index in [2.05, 4.69) is 47.2 Å². The highest BCUT2D eigenvalue weighted by Crippen LogP contribution is 2.37. The molecule has 2 rings (SSSR count). The first kappa shape index (κ1) is 10.7. The van der Waals surface area contributed by atoms with Crippen LogP contribution in [0.1, 0.15) is 37.5 Å². The molecule has 1 fully saturated rings. The lowest BCUT2D eigenvalue weighted by Gasteiger charge is -2.36. The molecule has 0 aromatic carbocycles. The van der Waals surface area contributed by atoms with Gasteiger partial charge in [0.05, 0.1) is 3.79 Å². The normalized spacial score (nSPS) is 26.4. The van der Waals surface area contributed by atoms with E-state index in [1.54, 1.807) is 0 Å². The highest BCUT2D eigenvalue weighted by molar-refractivity contribution is 9.11. The Morgan fingerprint density at radius 1 is 1.50 bits per heavy atom. The lowest BCUT2D eigenvalue weighted by Crippen LogP contribution is -2.45. The smallest absolute Gasteiger partial charge is 0.0701 e. The van der Waals surface area contributed by atoms with Crippen LogP contribution < -0.4 is 5.32 Å². The van der Waals surface area contributed by atoms with Crippen LogP contribution in [0.4, 0.5) is 0 Å². The summed E-state index contributed by atoms with van der Waals surface area (Å²) in [5, 5.41) is 3.56. The van der Waals surface area contributed by atoms with Gasteiger partial charge in [-0.15, -0.1) is 11.3 Å². The molecule has 0 amide bonds. The van der Waals surface area contributed by atoms with E-state index in [1.807, 2.05) is 11.3 Å². The van der Waals surface area contributed by atoms with Crippen molar-refractivity contribution in [1.29, 1.82) is 0 Å². The lowest BCUT2D eigenvalue weighted by atomic mass is 9.84. The molecule has 0 bridgehead atoms. The number of rotatable bonds is 1. The van der Waals surface area contributed by atoms with Crippen molar-refractivity contribution in [1.82, 2.24) is 5.32 Å². The Balaban J connectivity index is 2.12. The summed E-state index contributed by atoms with van der Waals surface area (Å²) >= 11 is 5.41. The van der Waals surface area contributed by atoms with E-state index in [4.69, 9.17) is 0 Å². The van der Waals surface area contributed by atoms with E-state index >= 15 is 0 Å². The van der Waals surface area contributed by atoms with E-state index in [-0.39, 0.29) is 0 Å². The largest absolute Gasteiger partial charge is 0.312 e. The van der Waals surface area contributed by atoms with Crippen LogP contribution in [0, 0.1) is 0 Å². The summed E-state index contributed by atoms with van der Waals surface area (Å²) < 4.78 is 1.25. The van der Waals surface area contributed by atoms with Gasteiger partial charge in [-0.1, -0.05) is 0 Å². The van der Waals surface area contributed by atoms with Gasteiger partial charge in [-0.2, -0.15) is 0 Å². The fourth-order valence-corrected chi connectivity index (χ4v) is 3.72. The Hall–Kier alpha value is 0.140. The molecule has 2 heterocycles. The van der Waals surface area contributed by atoms with E-state index in [1.165, 1.54) is 21.5 Å². The third-order valence-corrected chi connectivity index (χ3v) is 4.64. The van der Waals surface area contributed by atoms with Crippen molar-refractivity contribution in [3.8, 4) is 0 Å². The third kappa shape index (κ3) is 2.38. The quantitative estimate of drug-likeness (QED) is 0.822. The average Bonchev–Trinajstić information content (AvgIpc) is 2.50. The molecule has 1 unspecified atom stereocenters. The maximum atomic E-state index is 3.56. The van der Waals surface area contributed by atoms with Crippen molar-refractivity contribution in [2.75, 3.05) is 6.54 Å². The molecule has 0 aliphatic carbocycles. The predicted molar refractivity (Wildman–Crippen MR) is 66.1 cm³/mol. The second-order valence-corrected chi connectivity index (χ2v) is 7.14. The minimum Gasteiger partial charge on any atom is -0.312 e. The van der Waals surface area contributed by atoms with E-state index in [0.717, 1.165) is 12.5 Å². The van der Waals surface area contributed by atoms with Gasteiger partial charge in [0.25, 0.3) is 0 Å². The van der Waals surface area contributed by atoms with E-state index < -0.39 is 0 Å². The van der Waals surface area contributed by atoms with Crippen molar-refractivity contribution < 1.29 is 0 Å². The van der Waals surface area contributed by atoms with Crippen molar-refractivity contribution in [2.24, 2.45) is 0 Å². The Kier molecular flexibility index (Phi) is 3.01. The number of thiophene rings is 1. The van der Waals surface area contributed by atoms with Crippen molar-refractivity contribution >= 4 is 27.3 Å². The molecule has 0 saturated carbocycles. The van der Waals surface area contributed by atoms with Crippen LogP contribution in [0.25, 0.3) is 0 Å². The Bertz CT molecular complexity index is 319. The molecule has 1 N–H and O–H groups in total. The molecule has 78 valence electrons. The van der Waals surface area contributed by atoms with Gasteiger partial charge in [0.15, 0.2) is 0 Å². The highest BCUT2D eigenvalue weighted by atomic mass is 79.9. The van der Waals surface area contributed by atoms with Crippen LogP contribution in [-0.2, 0) is 0 Å². The van der Waals surface area contributed by atoms with E-state index in [0.29, 0.717) is 5.54 Å². The second kappa shape index (κ2) is 3.95. The van der Waals surface area contributed by atoms with Gasteiger partial charge in [-0.25, -0.2) is 0 Å². The monoisotopic (exact) mass is 273 g/mol. The summed E-state index contributed by atoms with van der Waals surface area (Å²) in [6.45, 7) is 5.73. The molecule has 1 nitrogen and oxygen atoms in total. The van der Waals surface area contributed by atoms with Gasteiger partial charge in [0.2, 0.25) is 0 Å². The zero-order chi connectivity index (χ0) is 10.2. The Labute approximate surface area is 98.0 Å². The fraction of sp³-hybridized carbons (Fsp3) is 0.636. The molecule has 1 atom stereocenters. The van der Waals surface area contributed by atoms with Crippen molar-refractivity contribution in [3.05, 3.63) is 20.8 Å². The molecule has 0 radical (unpaired) electrons. The summed E-state index contributed by atoms with van der Waals surface area (Å²) in [5.74, 6) is 0.752. The van der Waals surface area contributed by atoms with Gasteiger partial charge in [-0.05, 0) is 67.2 Å². The molecule has 3 heteroatoms. The van der Waals surface area contributed by atoms with Crippen LogP contribution in [-0.4, -0.2) is 12.1 Å². The van der Waals surface area contributed by atoms with Gasteiger partial charge >= 0.3 is 0 Å². The molecular formula is C11H16BrNS. The first-order chi connectivity index (χ1) is 6.57. The van der Waals surface area contributed by atoms with Crippen molar-refractivity contribution in [2.45, 2.75) is 38.1 Å². The van der Waals surface area contributed by atoms with Gasteiger partial charge in [0.1, 0.15) is 0 Å². The minimum atomic E-state index is 0.305. The lowest BCUT2D eigenvalue weighted by molar-refractivity contribution is 0.277. The molecule has 1 aromatic heterocycles. The number of hydrogen-bond acceptors (Lipinski definition) is 2. The van der Waals surface area contributed by atoms with Crippen LogP contribution in [0.5, 0.6) is 0 Å². The van der Waals surface area contributed by atoms with E-state index in [9.17, 15) is 0 Å². The number of nitrogens with one attached hydrogen (secondary N) is 1. The zero-order valence-electron chi connectivity index (χ0n) is 8.64. The van der Waals surface area contributed by atoms with Crippen LogP contribution in [0.15, 0.2) is 15.9 Å². The second-order valence-electron chi connectivity index (χ2n) is 4.64. The minimum absolute atomic E-state index is 0.305. The maximum absolute atomic E-state index is 3.56. The maximum Gasteiger partial charge on any atom is 0.0701 e. The summed E-state index contributed by atoms with van der Waals surface area (Å²) in [6, 6.07) is 4.43. The van der Waals surface area contributed by atoms with Crippen LogP contribution in [0.3, 0.4) is 0 Å². The number of piperidine rings is 1. The topological polar surface area (TPSA) is 12.0 Å².